The van der Waals surface area contributed by atoms with Crippen LogP contribution in [0.5, 0.6) is 0 Å². The van der Waals surface area contributed by atoms with Crippen LogP contribution >= 0.6 is 11.8 Å². The molecule has 0 saturated heterocycles. The topological polar surface area (TPSA) is 102 Å². The summed E-state index contributed by atoms with van der Waals surface area (Å²) in [6.45, 7) is 7.05. The summed E-state index contributed by atoms with van der Waals surface area (Å²) < 4.78 is 2.09. The van der Waals surface area contributed by atoms with E-state index in [0.717, 1.165) is 35.0 Å². The van der Waals surface area contributed by atoms with Crippen LogP contribution in [0.15, 0.2) is 29.4 Å². The second-order valence-electron chi connectivity index (χ2n) is 6.40. The van der Waals surface area contributed by atoms with E-state index < -0.39 is 6.04 Å². The standard InChI is InChI=1S/C19H24N6O2S/c1-4-10-20-18(27)12(3)21-15(26)11-28-19-22-17-16(23-24-19)13-8-6-7-9-14(13)25(17)5-2/h6-9,12H,4-5,10-11H2,1-3H3,(H,20,27)(H,21,26)/t12-/m1/s1. The van der Waals surface area contributed by atoms with Crippen LogP contribution in [-0.2, 0) is 16.1 Å². The molecule has 2 amide bonds. The molecule has 0 aliphatic rings. The third kappa shape index (κ3) is 4.24. The molecule has 0 aliphatic heterocycles. The fourth-order valence-corrected chi connectivity index (χ4v) is 3.54. The number of para-hydroxylation sites is 1. The molecule has 0 aliphatic carbocycles. The first kappa shape index (κ1) is 20.1. The second-order valence-corrected chi connectivity index (χ2v) is 7.34. The zero-order valence-electron chi connectivity index (χ0n) is 16.2. The van der Waals surface area contributed by atoms with E-state index in [1.807, 2.05) is 31.2 Å². The van der Waals surface area contributed by atoms with Gasteiger partial charge in [0, 0.05) is 18.5 Å². The highest BCUT2D eigenvalue weighted by atomic mass is 32.2. The predicted molar refractivity (Wildman–Crippen MR) is 110 cm³/mol. The minimum Gasteiger partial charge on any atom is -0.354 e. The van der Waals surface area contributed by atoms with Gasteiger partial charge in [0.15, 0.2) is 5.65 Å². The molecule has 1 aromatic carbocycles. The van der Waals surface area contributed by atoms with E-state index in [1.54, 1.807) is 6.92 Å². The van der Waals surface area contributed by atoms with Crippen molar-refractivity contribution in [2.45, 2.75) is 44.9 Å². The van der Waals surface area contributed by atoms with Crippen molar-refractivity contribution in [3.63, 3.8) is 0 Å². The van der Waals surface area contributed by atoms with Crippen molar-refractivity contribution in [1.82, 2.24) is 30.4 Å². The van der Waals surface area contributed by atoms with Gasteiger partial charge in [-0.25, -0.2) is 4.98 Å². The molecule has 0 unspecified atom stereocenters. The van der Waals surface area contributed by atoms with Gasteiger partial charge in [-0.2, -0.15) is 0 Å². The number of carbonyl (C=O) groups excluding carboxylic acids is 2. The minimum absolute atomic E-state index is 0.116. The number of amides is 2. The van der Waals surface area contributed by atoms with Crippen molar-refractivity contribution in [2.75, 3.05) is 12.3 Å². The second kappa shape index (κ2) is 9.01. The van der Waals surface area contributed by atoms with E-state index in [9.17, 15) is 9.59 Å². The van der Waals surface area contributed by atoms with Gasteiger partial charge in [0.05, 0.1) is 11.3 Å². The fourth-order valence-electron chi connectivity index (χ4n) is 2.95. The Morgan fingerprint density at radius 2 is 2.00 bits per heavy atom. The van der Waals surface area contributed by atoms with E-state index in [-0.39, 0.29) is 17.6 Å². The molecular formula is C19H24N6O2S. The summed E-state index contributed by atoms with van der Waals surface area (Å²) in [5.74, 6) is -0.318. The van der Waals surface area contributed by atoms with Crippen molar-refractivity contribution in [3.05, 3.63) is 24.3 Å². The molecule has 8 nitrogen and oxygen atoms in total. The Labute approximate surface area is 167 Å². The van der Waals surface area contributed by atoms with E-state index in [1.165, 1.54) is 11.8 Å². The maximum Gasteiger partial charge on any atom is 0.242 e. The summed E-state index contributed by atoms with van der Waals surface area (Å²) in [5, 5.41) is 15.4. The molecule has 9 heteroatoms. The quantitative estimate of drug-likeness (QED) is 0.562. The molecule has 3 rings (SSSR count). The van der Waals surface area contributed by atoms with E-state index in [0.29, 0.717) is 11.7 Å². The van der Waals surface area contributed by atoms with E-state index in [4.69, 9.17) is 0 Å². The summed E-state index contributed by atoms with van der Waals surface area (Å²) in [5.41, 5.74) is 2.58. The number of carbonyl (C=O) groups is 2. The first-order chi connectivity index (χ1) is 13.5. The van der Waals surface area contributed by atoms with Crippen LogP contribution in [0.1, 0.15) is 27.2 Å². The lowest BCUT2D eigenvalue weighted by molar-refractivity contribution is -0.127. The highest BCUT2D eigenvalue weighted by molar-refractivity contribution is 7.99. The lowest BCUT2D eigenvalue weighted by Gasteiger charge is -2.13. The van der Waals surface area contributed by atoms with Crippen molar-refractivity contribution >= 4 is 45.6 Å². The summed E-state index contributed by atoms with van der Waals surface area (Å²) in [6.07, 6.45) is 0.851. The number of nitrogens with one attached hydrogen (secondary N) is 2. The Hall–Kier alpha value is -2.68. The fraction of sp³-hybridized carbons (Fsp3) is 0.421. The van der Waals surface area contributed by atoms with Crippen molar-refractivity contribution in [3.8, 4) is 0 Å². The number of rotatable bonds is 8. The number of aryl methyl sites for hydroxylation is 1. The highest BCUT2D eigenvalue weighted by Gasteiger charge is 2.17. The largest absolute Gasteiger partial charge is 0.354 e. The van der Waals surface area contributed by atoms with Gasteiger partial charge in [-0.1, -0.05) is 36.9 Å². The Kier molecular flexibility index (Phi) is 6.45. The SMILES string of the molecule is CCCNC(=O)[C@@H](C)NC(=O)CSc1nnc2c3ccccc3n(CC)c2n1. The van der Waals surface area contributed by atoms with Crippen LogP contribution in [0.2, 0.25) is 0 Å². The summed E-state index contributed by atoms with van der Waals surface area (Å²) >= 11 is 1.20. The van der Waals surface area contributed by atoms with Gasteiger partial charge in [-0.3, -0.25) is 9.59 Å². The maximum absolute atomic E-state index is 12.1. The molecule has 0 spiro atoms. The van der Waals surface area contributed by atoms with Crippen molar-refractivity contribution in [2.24, 2.45) is 0 Å². The number of hydrogen-bond donors (Lipinski definition) is 2. The van der Waals surface area contributed by atoms with Gasteiger partial charge in [0.1, 0.15) is 11.6 Å². The monoisotopic (exact) mass is 400 g/mol. The minimum atomic E-state index is -0.580. The molecule has 0 fully saturated rings. The van der Waals surface area contributed by atoms with Gasteiger partial charge in [-0.15, -0.1) is 10.2 Å². The molecule has 148 valence electrons. The van der Waals surface area contributed by atoms with Crippen LogP contribution in [0.3, 0.4) is 0 Å². The average molecular weight is 401 g/mol. The third-order valence-electron chi connectivity index (χ3n) is 4.32. The lowest BCUT2D eigenvalue weighted by Crippen LogP contribution is -2.45. The molecule has 0 bridgehead atoms. The average Bonchev–Trinajstić information content (AvgIpc) is 3.03. The molecule has 2 N–H and O–H groups in total. The molecule has 3 aromatic rings. The maximum atomic E-state index is 12.1. The number of benzene rings is 1. The number of fused-ring (bicyclic) bond motifs is 3. The van der Waals surface area contributed by atoms with Crippen LogP contribution in [0.25, 0.3) is 22.1 Å². The Bertz CT molecular complexity index is 1000. The first-order valence-electron chi connectivity index (χ1n) is 9.36. The number of thioether (sulfide) groups is 1. The smallest absolute Gasteiger partial charge is 0.242 e. The predicted octanol–water partition coefficient (Wildman–Crippen LogP) is 2.12. The normalized spacial score (nSPS) is 12.2. The van der Waals surface area contributed by atoms with Crippen LogP contribution in [-0.4, -0.2) is 49.9 Å². The molecule has 2 aromatic heterocycles. The highest BCUT2D eigenvalue weighted by Crippen LogP contribution is 2.26. The lowest BCUT2D eigenvalue weighted by atomic mass is 10.2. The third-order valence-corrected chi connectivity index (χ3v) is 5.16. The Morgan fingerprint density at radius 1 is 1.21 bits per heavy atom. The molecule has 0 saturated carbocycles. The van der Waals surface area contributed by atoms with E-state index >= 15 is 0 Å². The summed E-state index contributed by atoms with van der Waals surface area (Å²) in [6, 6.07) is 7.41. The zero-order chi connectivity index (χ0) is 20.1. The van der Waals surface area contributed by atoms with E-state index in [2.05, 4.69) is 37.3 Å². The van der Waals surface area contributed by atoms with Gasteiger partial charge < -0.3 is 15.2 Å². The van der Waals surface area contributed by atoms with Gasteiger partial charge in [-0.05, 0) is 26.3 Å². The number of aromatic nitrogens is 4. The number of nitrogens with zero attached hydrogens (tertiary/aromatic N) is 4. The van der Waals surface area contributed by atoms with Crippen LogP contribution < -0.4 is 10.6 Å². The molecule has 1 atom stereocenters. The van der Waals surface area contributed by atoms with Gasteiger partial charge in [0.2, 0.25) is 17.0 Å². The molecular weight excluding hydrogens is 376 g/mol. The van der Waals surface area contributed by atoms with Crippen molar-refractivity contribution < 1.29 is 9.59 Å². The van der Waals surface area contributed by atoms with Crippen LogP contribution in [0.4, 0.5) is 0 Å². The first-order valence-corrected chi connectivity index (χ1v) is 10.3. The zero-order valence-corrected chi connectivity index (χ0v) is 17.0. The summed E-state index contributed by atoms with van der Waals surface area (Å²) in [7, 11) is 0. The molecule has 2 heterocycles. The molecule has 28 heavy (non-hydrogen) atoms. The Morgan fingerprint density at radius 3 is 2.75 bits per heavy atom. The summed E-state index contributed by atoms with van der Waals surface area (Å²) in [4.78, 5) is 28.6. The Balaban J connectivity index is 1.69. The van der Waals surface area contributed by atoms with Gasteiger partial charge >= 0.3 is 0 Å². The van der Waals surface area contributed by atoms with Crippen LogP contribution in [0, 0.1) is 0 Å². The van der Waals surface area contributed by atoms with Crippen molar-refractivity contribution in [1.29, 1.82) is 0 Å². The van der Waals surface area contributed by atoms with Gasteiger partial charge in [0.25, 0.3) is 0 Å². The number of hydrogen-bond acceptors (Lipinski definition) is 6. The molecule has 0 radical (unpaired) electrons.